The smallest absolute Gasteiger partial charge is 0.353 e. The first kappa shape index (κ1) is 20.2. The van der Waals surface area contributed by atoms with Gasteiger partial charge in [0, 0.05) is 28.7 Å². The van der Waals surface area contributed by atoms with Gasteiger partial charge in [-0.1, -0.05) is 19.8 Å². The maximum atomic E-state index is 12.4. The van der Waals surface area contributed by atoms with Gasteiger partial charge < -0.3 is 25.5 Å². The molecule has 1 saturated carbocycles. The summed E-state index contributed by atoms with van der Waals surface area (Å²) in [6, 6.07) is -0.217. The molecule has 4 N–H and O–H groups in total. The summed E-state index contributed by atoms with van der Waals surface area (Å²) < 4.78 is 0. The number of nitrogens with zero attached hydrogens (tertiary/aromatic N) is 1. The first-order chi connectivity index (χ1) is 13.3. The molecule has 28 heavy (non-hydrogen) atoms. The molecule has 4 rings (SSSR count). The zero-order chi connectivity index (χ0) is 20.2. The number of amides is 1. The van der Waals surface area contributed by atoms with Crippen molar-refractivity contribution < 1.29 is 24.9 Å². The number of fused-ring (bicyclic) bond motifs is 1. The molecular weight excluding hydrogens is 380 g/mol. The van der Waals surface area contributed by atoms with Crippen LogP contribution in [0, 0.1) is 17.8 Å². The van der Waals surface area contributed by atoms with Crippen LogP contribution in [0.5, 0.6) is 0 Å². The maximum absolute atomic E-state index is 12.4. The third kappa shape index (κ3) is 3.18. The van der Waals surface area contributed by atoms with E-state index in [1.807, 2.05) is 6.92 Å². The Morgan fingerprint density at radius 2 is 1.96 bits per heavy atom. The van der Waals surface area contributed by atoms with Crippen molar-refractivity contribution in [2.45, 2.75) is 75.5 Å². The molecule has 1 amide bonds. The number of thioether (sulfide) groups is 1. The number of carbonyl (C=O) groups is 2. The Bertz CT molecular complexity index is 690. The van der Waals surface area contributed by atoms with Gasteiger partial charge in [-0.2, -0.15) is 0 Å². The van der Waals surface area contributed by atoms with E-state index >= 15 is 0 Å². The van der Waals surface area contributed by atoms with Crippen LogP contribution in [0.25, 0.3) is 0 Å². The zero-order valence-electron chi connectivity index (χ0n) is 16.4. The Labute approximate surface area is 169 Å². The molecule has 3 heterocycles. The lowest BCUT2D eigenvalue weighted by Crippen LogP contribution is -2.63. The van der Waals surface area contributed by atoms with Crippen molar-refractivity contribution in [3.05, 3.63) is 10.6 Å². The van der Waals surface area contributed by atoms with Gasteiger partial charge in [0.25, 0.3) is 0 Å². The largest absolute Gasteiger partial charge is 0.477 e. The lowest BCUT2D eigenvalue weighted by molar-refractivity contribution is -0.163. The van der Waals surface area contributed by atoms with Crippen molar-refractivity contribution in [3.8, 4) is 0 Å². The number of carboxylic acid groups (broad SMARTS) is 1. The molecule has 7 atom stereocenters. The summed E-state index contributed by atoms with van der Waals surface area (Å²) >= 11 is 1.54. The van der Waals surface area contributed by atoms with E-state index < -0.39 is 18.0 Å². The van der Waals surface area contributed by atoms with Gasteiger partial charge in [-0.05, 0) is 32.1 Å². The van der Waals surface area contributed by atoms with Gasteiger partial charge in [-0.15, -0.1) is 11.8 Å². The number of aliphatic carboxylic acids is 1. The number of nitrogens with one attached hydrogen (secondary N) is 1. The molecule has 2 saturated heterocycles. The van der Waals surface area contributed by atoms with Crippen LogP contribution in [0.15, 0.2) is 10.6 Å². The number of aliphatic hydroxyl groups excluding tert-OH is 2. The van der Waals surface area contributed by atoms with Crippen LogP contribution in [0.3, 0.4) is 0 Å². The fourth-order valence-corrected chi connectivity index (χ4v) is 7.06. The lowest BCUT2D eigenvalue weighted by atomic mass is 9.79. The van der Waals surface area contributed by atoms with Crippen LogP contribution in [0.4, 0.5) is 0 Å². The molecule has 3 fully saturated rings. The topological polar surface area (TPSA) is 110 Å². The Morgan fingerprint density at radius 3 is 2.57 bits per heavy atom. The van der Waals surface area contributed by atoms with Gasteiger partial charge in [0.1, 0.15) is 5.70 Å². The normalized spacial score (nSPS) is 37.9. The summed E-state index contributed by atoms with van der Waals surface area (Å²) in [7, 11) is 0. The van der Waals surface area contributed by atoms with E-state index in [9.17, 15) is 24.9 Å². The third-order valence-corrected chi connectivity index (χ3v) is 8.54. The van der Waals surface area contributed by atoms with Gasteiger partial charge in [-0.3, -0.25) is 4.79 Å². The Morgan fingerprint density at radius 1 is 1.29 bits per heavy atom. The number of hydrogen-bond acceptors (Lipinski definition) is 6. The minimum Gasteiger partial charge on any atom is -0.477 e. The van der Waals surface area contributed by atoms with Crippen LogP contribution in [0.1, 0.15) is 46.0 Å². The van der Waals surface area contributed by atoms with Crippen LogP contribution in [-0.4, -0.2) is 68.2 Å². The number of rotatable bonds is 6. The highest BCUT2D eigenvalue weighted by molar-refractivity contribution is 8.03. The van der Waals surface area contributed by atoms with Crippen LogP contribution >= 0.6 is 11.8 Å². The zero-order valence-corrected chi connectivity index (χ0v) is 17.2. The SMILES string of the molecule is C[C@@H](O)[C@H]1C(=O)N2C(C(=O)O)=C(S[C@@H]3CN[C@H]([C@H](O)C4CCCC4)C3)[C@H](C)[C@H]12. The molecule has 4 aliphatic rings. The average molecular weight is 411 g/mol. The highest BCUT2D eigenvalue weighted by Crippen LogP contribution is 2.52. The fourth-order valence-electron chi connectivity index (χ4n) is 5.57. The highest BCUT2D eigenvalue weighted by atomic mass is 32.2. The van der Waals surface area contributed by atoms with Gasteiger partial charge >= 0.3 is 5.97 Å². The Balaban J connectivity index is 1.47. The molecule has 8 heteroatoms. The van der Waals surface area contributed by atoms with Gasteiger partial charge in [0.15, 0.2) is 0 Å². The highest BCUT2D eigenvalue weighted by Gasteiger charge is 2.60. The van der Waals surface area contributed by atoms with Crippen LogP contribution in [-0.2, 0) is 9.59 Å². The first-order valence-corrected chi connectivity index (χ1v) is 11.3. The van der Waals surface area contributed by atoms with E-state index in [2.05, 4.69) is 5.32 Å². The predicted molar refractivity (Wildman–Crippen MR) is 105 cm³/mol. The van der Waals surface area contributed by atoms with E-state index in [0.717, 1.165) is 30.7 Å². The molecule has 0 aromatic carbocycles. The molecular formula is C20H30N2O5S. The van der Waals surface area contributed by atoms with Crippen molar-refractivity contribution >= 4 is 23.6 Å². The molecule has 7 nitrogen and oxygen atoms in total. The van der Waals surface area contributed by atoms with Crippen molar-refractivity contribution in [2.24, 2.45) is 17.8 Å². The number of carboxylic acids is 1. The molecule has 3 aliphatic heterocycles. The third-order valence-electron chi connectivity index (χ3n) is 7.02. The van der Waals surface area contributed by atoms with E-state index in [4.69, 9.17) is 0 Å². The van der Waals surface area contributed by atoms with E-state index in [-0.39, 0.29) is 41.0 Å². The summed E-state index contributed by atoms with van der Waals surface area (Å²) in [5.74, 6) is -1.64. The molecule has 0 unspecified atom stereocenters. The van der Waals surface area contributed by atoms with Crippen LogP contribution < -0.4 is 5.32 Å². The second-order valence-electron chi connectivity index (χ2n) is 8.80. The minimum atomic E-state index is -1.08. The van der Waals surface area contributed by atoms with E-state index in [0.29, 0.717) is 5.92 Å². The molecule has 1 aliphatic carbocycles. The van der Waals surface area contributed by atoms with E-state index in [1.54, 1.807) is 6.92 Å². The van der Waals surface area contributed by atoms with Crippen LogP contribution in [0.2, 0.25) is 0 Å². The molecule has 0 spiro atoms. The van der Waals surface area contributed by atoms with Crippen molar-refractivity contribution in [1.29, 1.82) is 0 Å². The minimum absolute atomic E-state index is 0.0510. The summed E-state index contributed by atoms with van der Waals surface area (Å²) in [6.45, 7) is 4.26. The summed E-state index contributed by atoms with van der Waals surface area (Å²) in [6.07, 6.45) is 4.22. The summed E-state index contributed by atoms with van der Waals surface area (Å²) in [4.78, 5) is 26.4. The second kappa shape index (κ2) is 7.63. The maximum Gasteiger partial charge on any atom is 0.353 e. The monoisotopic (exact) mass is 410 g/mol. The lowest BCUT2D eigenvalue weighted by Gasteiger charge is -2.46. The molecule has 0 radical (unpaired) electrons. The number of β-lactam (4-membered cyclic amide) rings is 1. The molecule has 0 bridgehead atoms. The second-order valence-corrected chi connectivity index (χ2v) is 10.1. The molecule has 0 aromatic heterocycles. The Hall–Kier alpha value is -1.09. The van der Waals surface area contributed by atoms with Gasteiger partial charge in [0.05, 0.1) is 24.2 Å². The number of aliphatic hydroxyl groups is 2. The standard InChI is InChI=1S/C20H30N2O5S/c1-9-15-14(10(2)23)19(25)22(15)16(20(26)27)18(9)28-12-7-13(21-8-12)17(24)11-5-3-4-6-11/h9-15,17,21,23-24H,3-8H2,1-2H3,(H,26,27)/t9-,10-,12+,13+,14-,15-,17-/m1/s1. The first-order valence-electron chi connectivity index (χ1n) is 10.4. The van der Waals surface area contributed by atoms with Gasteiger partial charge in [0.2, 0.25) is 5.91 Å². The summed E-state index contributed by atoms with van der Waals surface area (Å²) in [5.41, 5.74) is 0.0872. The van der Waals surface area contributed by atoms with E-state index in [1.165, 1.54) is 29.5 Å². The van der Waals surface area contributed by atoms with Crippen molar-refractivity contribution in [1.82, 2.24) is 10.2 Å². The molecule has 0 aromatic rings. The fraction of sp³-hybridized carbons (Fsp3) is 0.800. The van der Waals surface area contributed by atoms with Crippen molar-refractivity contribution in [3.63, 3.8) is 0 Å². The average Bonchev–Trinajstić information content (AvgIpc) is 3.35. The number of hydrogen-bond donors (Lipinski definition) is 4. The predicted octanol–water partition coefficient (Wildman–Crippen LogP) is 1.15. The quantitative estimate of drug-likeness (QED) is 0.486. The number of carbonyl (C=O) groups excluding carboxylic acids is 1. The molecule has 156 valence electrons. The summed E-state index contributed by atoms with van der Waals surface area (Å²) in [5, 5.41) is 34.0. The Kier molecular flexibility index (Phi) is 5.50. The van der Waals surface area contributed by atoms with Gasteiger partial charge in [-0.25, -0.2) is 4.79 Å². The van der Waals surface area contributed by atoms with Crippen molar-refractivity contribution in [2.75, 3.05) is 6.54 Å².